The molecule has 1 aromatic rings. The summed E-state index contributed by atoms with van der Waals surface area (Å²) in [6.07, 6.45) is 7.90. The van der Waals surface area contributed by atoms with Crippen LogP contribution in [0.1, 0.15) is 38.5 Å². The second-order valence-electron chi connectivity index (χ2n) is 6.84. The standard InChI is InChI=1S/C16H20OS2/c17-14(10-19-15-2-1-3-18-15)16-7-11-4-12(8-16)6-13(5-11)9-16/h1-3,11-13H,4-10H2. The normalized spacial score (nSPS) is 39.7. The highest BCUT2D eigenvalue weighted by Gasteiger charge is 2.53. The van der Waals surface area contributed by atoms with Crippen molar-refractivity contribution >= 4 is 28.9 Å². The topological polar surface area (TPSA) is 17.1 Å². The van der Waals surface area contributed by atoms with E-state index < -0.39 is 0 Å². The van der Waals surface area contributed by atoms with Crippen LogP contribution in [0.4, 0.5) is 0 Å². The lowest BCUT2D eigenvalue weighted by Crippen LogP contribution is -2.50. The van der Waals surface area contributed by atoms with Gasteiger partial charge in [0.1, 0.15) is 5.78 Å². The molecule has 0 aromatic carbocycles. The molecule has 4 saturated carbocycles. The number of thioether (sulfide) groups is 1. The summed E-state index contributed by atoms with van der Waals surface area (Å²) in [7, 11) is 0. The van der Waals surface area contributed by atoms with Crippen LogP contribution in [0.25, 0.3) is 0 Å². The molecular weight excluding hydrogens is 272 g/mol. The molecule has 4 aliphatic carbocycles. The number of hydrogen-bond donors (Lipinski definition) is 0. The minimum absolute atomic E-state index is 0.0962. The van der Waals surface area contributed by atoms with Crippen molar-refractivity contribution in [1.29, 1.82) is 0 Å². The molecule has 0 radical (unpaired) electrons. The van der Waals surface area contributed by atoms with Crippen molar-refractivity contribution < 1.29 is 4.79 Å². The van der Waals surface area contributed by atoms with Crippen LogP contribution in [-0.4, -0.2) is 11.5 Å². The van der Waals surface area contributed by atoms with Crippen LogP contribution >= 0.6 is 23.1 Å². The molecule has 0 amide bonds. The fourth-order valence-electron chi connectivity index (χ4n) is 5.09. The number of Topliss-reactive ketones (excluding diaryl/α,β-unsaturated/α-hetero) is 1. The predicted molar refractivity (Wildman–Crippen MR) is 80.7 cm³/mol. The van der Waals surface area contributed by atoms with Crippen molar-refractivity contribution in [1.82, 2.24) is 0 Å². The molecule has 5 rings (SSSR count). The first-order valence-corrected chi connectivity index (χ1v) is 9.30. The Hall–Kier alpha value is -0.280. The van der Waals surface area contributed by atoms with Crippen molar-refractivity contribution in [3.05, 3.63) is 17.5 Å². The molecule has 102 valence electrons. The Kier molecular flexibility index (Phi) is 3.03. The van der Waals surface area contributed by atoms with Gasteiger partial charge in [0.05, 0.1) is 9.96 Å². The number of rotatable bonds is 4. The van der Waals surface area contributed by atoms with Crippen LogP contribution in [0.2, 0.25) is 0 Å². The molecule has 3 heteroatoms. The van der Waals surface area contributed by atoms with E-state index in [1.165, 1.54) is 42.7 Å². The van der Waals surface area contributed by atoms with E-state index in [0.717, 1.165) is 17.8 Å². The molecule has 1 heterocycles. The second-order valence-corrected chi connectivity index (χ2v) is 9.07. The van der Waals surface area contributed by atoms with Gasteiger partial charge in [0.15, 0.2) is 0 Å². The summed E-state index contributed by atoms with van der Waals surface area (Å²) in [5.41, 5.74) is 0.0962. The van der Waals surface area contributed by atoms with E-state index in [4.69, 9.17) is 0 Å². The average molecular weight is 292 g/mol. The Balaban J connectivity index is 1.47. The van der Waals surface area contributed by atoms with E-state index in [-0.39, 0.29) is 5.41 Å². The van der Waals surface area contributed by atoms with Gasteiger partial charge in [0, 0.05) is 5.41 Å². The van der Waals surface area contributed by atoms with Crippen molar-refractivity contribution in [2.24, 2.45) is 23.2 Å². The lowest BCUT2D eigenvalue weighted by molar-refractivity contribution is -0.141. The van der Waals surface area contributed by atoms with Gasteiger partial charge in [0.2, 0.25) is 0 Å². The molecule has 1 nitrogen and oxygen atoms in total. The van der Waals surface area contributed by atoms with E-state index in [0.29, 0.717) is 11.5 Å². The maximum absolute atomic E-state index is 12.8. The molecule has 0 atom stereocenters. The van der Waals surface area contributed by atoms with Crippen molar-refractivity contribution in [2.45, 2.75) is 42.7 Å². The summed E-state index contributed by atoms with van der Waals surface area (Å²) >= 11 is 3.51. The van der Waals surface area contributed by atoms with Gasteiger partial charge in [-0.25, -0.2) is 0 Å². The lowest BCUT2D eigenvalue weighted by atomic mass is 9.48. The molecular formula is C16H20OS2. The third kappa shape index (κ3) is 2.19. The Bertz CT molecular complexity index is 442. The van der Waals surface area contributed by atoms with Crippen molar-refractivity contribution in [3.63, 3.8) is 0 Å². The maximum Gasteiger partial charge on any atom is 0.149 e. The van der Waals surface area contributed by atoms with Gasteiger partial charge >= 0.3 is 0 Å². The Morgan fingerprint density at radius 1 is 1.21 bits per heavy atom. The van der Waals surface area contributed by atoms with Gasteiger partial charge in [-0.05, 0) is 67.7 Å². The third-order valence-electron chi connectivity index (χ3n) is 5.47. The summed E-state index contributed by atoms with van der Waals surface area (Å²) < 4.78 is 1.29. The summed E-state index contributed by atoms with van der Waals surface area (Å²) in [6.45, 7) is 0. The van der Waals surface area contributed by atoms with Crippen LogP contribution in [0.15, 0.2) is 21.7 Å². The SMILES string of the molecule is O=C(CSc1cccs1)C12CC3CC(CC(C3)C1)C2. The minimum atomic E-state index is 0.0962. The Labute approximate surface area is 123 Å². The molecule has 4 fully saturated rings. The van der Waals surface area contributed by atoms with E-state index in [9.17, 15) is 4.79 Å². The monoisotopic (exact) mass is 292 g/mol. The highest BCUT2D eigenvalue weighted by Crippen LogP contribution is 2.60. The smallest absolute Gasteiger partial charge is 0.149 e. The van der Waals surface area contributed by atoms with E-state index >= 15 is 0 Å². The molecule has 1 aromatic heterocycles. The lowest BCUT2D eigenvalue weighted by Gasteiger charge is -2.56. The van der Waals surface area contributed by atoms with Crippen LogP contribution in [-0.2, 0) is 4.79 Å². The molecule has 0 N–H and O–H groups in total. The molecule has 0 unspecified atom stereocenters. The predicted octanol–water partition coefficient (Wildman–Crippen LogP) is 4.63. The Morgan fingerprint density at radius 2 is 1.84 bits per heavy atom. The van der Waals surface area contributed by atoms with Gasteiger partial charge < -0.3 is 0 Å². The number of thiophene rings is 1. The number of ketones is 1. The fraction of sp³-hybridized carbons (Fsp3) is 0.688. The summed E-state index contributed by atoms with van der Waals surface area (Å²) in [4.78, 5) is 12.8. The van der Waals surface area contributed by atoms with Gasteiger partial charge in [-0.15, -0.1) is 23.1 Å². The first-order chi connectivity index (χ1) is 9.23. The first kappa shape index (κ1) is 12.5. The van der Waals surface area contributed by atoms with Gasteiger partial charge in [-0.2, -0.15) is 0 Å². The zero-order valence-electron chi connectivity index (χ0n) is 11.1. The maximum atomic E-state index is 12.8. The molecule has 4 bridgehead atoms. The highest BCUT2D eigenvalue weighted by molar-refractivity contribution is 8.01. The second kappa shape index (κ2) is 4.63. The Morgan fingerprint density at radius 3 is 2.37 bits per heavy atom. The van der Waals surface area contributed by atoms with Gasteiger partial charge in [0.25, 0.3) is 0 Å². The van der Waals surface area contributed by atoms with Crippen LogP contribution in [0, 0.1) is 23.2 Å². The van der Waals surface area contributed by atoms with Crippen LogP contribution < -0.4 is 0 Å². The van der Waals surface area contributed by atoms with Crippen molar-refractivity contribution in [3.8, 4) is 0 Å². The van der Waals surface area contributed by atoms with Gasteiger partial charge in [-0.3, -0.25) is 4.79 Å². The molecule has 0 saturated heterocycles. The zero-order valence-corrected chi connectivity index (χ0v) is 12.8. The van der Waals surface area contributed by atoms with Gasteiger partial charge in [-0.1, -0.05) is 6.07 Å². The first-order valence-electron chi connectivity index (χ1n) is 7.43. The molecule has 4 aliphatic rings. The molecule has 0 aliphatic heterocycles. The van der Waals surface area contributed by atoms with E-state index in [1.807, 2.05) is 0 Å². The average Bonchev–Trinajstić information content (AvgIpc) is 2.87. The summed E-state index contributed by atoms with van der Waals surface area (Å²) in [6, 6.07) is 4.20. The fourth-order valence-corrected chi connectivity index (χ4v) is 6.91. The molecule has 0 spiro atoms. The van der Waals surface area contributed by atoms with E-state index in [2.05, 4.69) is 17.5 Å². The quantitative estimate of drug-likeness (QED) is 0.753. The van der Waals surface area contributed by atoms with Crippen LogP contribution in [0.3, 0.4) is 0 Å². The number of carbonyl (C=O) groups excluding carboxylic acids is 1. The van der Waals surface area contributed by atoms with Crippen LogP contribution in [0.5, 0.6) is 0 Å². The summed E-state index contributed by atoms with van der Waals surface area (Å²) in [5.74, 6) is 3.89. The molecule has 19 heavy (non-hydrogen) atoms. The van der Waals surface area contributed by atoms with E-state index in [1.54, 1.807) is 23.1 Å². The third-order valence-corrected chi connectivity index (χ3v) is 7.60. The summed E-state index contributed by atoms with van der Waals surface area (Å²) in [5, 5.41) is 2.09. The minimum Gasteiger partial charge on any atom is -0.298 e. The highest BCUT2D eigenvalue weighted by atomic mass is 32.2. The number of hydrogen-bond acceptors (Lipinski definition) is 3. The zero-order chi connectivity index (χ0) is 12.9. The van der Waals surface area contributed by atoms with Crippen molar-refractivity contribution in [2.75, 3.05) is 5.75 Å². The number of carbonyl (C=O) groups is 1. The largest absolute Gasteiger partial charge is 0.298 e.